The summed E-state index contributed by atoms with van der Waals surface area (Å²) in [6, 6.07) is 4.91. The molecule has 0 aromatic carbocycles. The van der Waals surface area contributed by atoms with Crippen LogP contribution in [-0.4, -0.2) is 29.3 Å². The molecule has 1 atom stereocenters. The number of ketones is 1. The Balaban J connectivity index is 3.25. The van der Waals surface area contributed by atoms with Gasteiger partial charge in [0.2, 0.25) is 0 Å². The monoisotopic (exact) mass is 364 g/mol. The molecule has 114 valence electrons. The van der Waals surface area contributed by atoms with Crippen molar-refractivity contribution in [2.24, 2.45) is 5.92 Å². The summed E-state index contributed by atoms with van der Waals surface area (Å²) in [6.45, 7) is 3.02. The Labute approximate surface area is 135 Å². The number of carbonyl (C=O) groups excluding carboxylic acids is 3. The van der Waals surface area contributed by atoms with E-state index >= 15 is 0 Å². The minimum atomic E-state index is -1.37. The number of Topliss-reactive ketones (excluding diaryl/α,β-unsaturated/α-hetero) is 1. The summed E-state index contributed by atoms with van der Waals surface area (Å²) in [4.78, 5) is 39.3. The molecule has 1 heterocycles. The van der Waals surface area contributed by atoms with Crippen molar-refractivity contribution in [3.8, 4) is 6.07 Å². The van der Waals surface area contributed by atoms with Crippen LogP contribution in [0.2, 0.25) is 0 Å². The molecule has 0 aliphatic carbocycles. The Morgan fingerprint density at radius 3 is 2.68 bits per heavy atom. The van der Waals surface area contributed by atoms with Gasteiger partial charge in [-0.05, 0) is 41.9 Å². The molecule has 0 aliphatic heterocycles. The van der Waals surface area contributed by atoms with E-state index in [2.05, 4.69) is 20.9 Å². The van der Waals surface area contributed by atoms with Crippen LogP contribution in [0.15, 0.2) is 22.2 Å². The van der Waals surface area contributed by atoms with Gasteiger partial charge >= 0.3 is 5.97 Å². The van der Waals surface area contributed by atoms with Crippen LogP contribution in [0.3, 0.4) is 0 Å². The topological polar surface area (TPSA) is 97.1 Å². The second kappa shape index (κ2) is 8.23. The highest BCUT2D eigenvalue weighted by Crippen LogP contribution is 2.20. The van der Waals surface area contributed by atoms with E-state index in [1.165, 1.54) is 13.0 Å². The van der Waals surface area contributed by atoms with Crippen molar-refractivity contribution in [3.63, 3.8) is 0 Å². The van der Waals surface area contributed by atoms with Gasteiger partial charge in [0.15, 0.2) is 11.7 Å². The molecule has 0 bridgehead atoms. The van der Waals surface area contributed by atoms with Gasteiger partial charge in [-0.3, -0.25) is 9.59 Å². The smallest absolute Gasteiger partial charge is 0.321 e. The maximum Gasteiger partial charge on any atom is 0.321 e. The lowest BCUT2D eigenvalue weighted by molar-refractivity contribution is -0.144. The lowest BCUT2D eigenvalue weighted by Gasteiger charge is -2.13. The third-order valence-corrected chi connectivity index (χ3v) is 3.52. The maximum atomic E-state index is 12.5. The number of ether oxygens (including phenoxy) is 1. The number of halogens is 1. The summed E-state index contributed by atoms with van der Waals surface area (Å²) in [5.74, 6) is -1.29. The molecule has 6 nitrogen and oxygen atoms in total. The van der Waals surface area contributed by atoms with Crippen molar-refractivity contribution < 1.29 is 19.1 Å². The summed E-state index contributed by atoms with van der Waals surface area (Å²) in [7, 11) is 0. The number of esters is 1. The summed E-state index contributed by atoms with van der Waals surface area (Å²) in [6.07, 6.45) is 0.00821. The van der Waals surface area contributed by atoms with Gasteiger partial charge in [0.05, 0.1) is 24.8 Å². The predicted molar refractivity (Wildman–Crippen MR) is 80.6 cm³/mol. The van der Waals surface area contributed by atoms with Gasteiger partial charge in [-0.2, -0.15) is 5.26 Å². The summed E-state index contributed by atoms with van der Waals surface area (Å²) in [5, 5.41) is 8.74. The van der Waals surface area contributed by atoms with Crippen molar-refractivity contribution in [1.82, 2.24) is 4.98 Å². The normalized spacial score (nSPS) is 11.0. The summed E-state index contributed by atoms with van der Waals surface area (Å²) >= 11 is 3.23. The van der Waals surface area contributed by atoms with Gasteiger partial charge in [-0.25, -0.2) is 9.78 Å². The average molecular weight is 365 g/mol. The van der Waals surface area contributed by atoms with Gasteiger partial charge < -0.3 is 4.74 Å². The molecule has 22 heavy (non-hydrogen) atoms. The second-order valence-electron chi connectivity index (χ2n) is 4.29. The van der Waals surface area contributed by atoms with E-state index in [1.54, 1.807) is 18.9 Å². The Hall–Kier alpha value is -2.29. The zero-order valence-electron chi connectivity index (χ0n) is 12.1. The van der Waals surface area contributed by atoms with E-state index in [1.807, 2.05) is 6.07 Å². The van der Waals surface area contributed by atoms with Crippen molar-refractivity contribution >= 4 is 33.6 Å². The van der Waals surface area contributed by atoms with Crippen LogP contribution in [0.1, 0.15) is 30.0 Å². The molecule has 0 radical (unpaired) electrons. The summed E-state index contributed by atoms with van der Waals surface area (Å²) < 4.78 is 5.41. The number of aromatic nitrogens is 1. The highest BCUT2D eigenvalue weighted by atomic mass is 79.9. The molecule has 7 heteroatoms. The Morgan fingerprint density at radius 1 is 1.45 bits per heavy atom. The van der Waals surface area contributed by atoms with E-state index < -0.39 is 17.7 Å². The number of carbonyl (C=O) groups is 2. The van der Waals surface area contributed by atoms with Gasteiger partial charge in [0.1, 0.15) is 11.6 Å². The molecule has 1 aromatic rings. The van der Waals surface area contributed by atoms with Crippen LogP contribution in [0.25, 0.3) is 0 Å². The van der Waals surface area contributed by atoms with E-state index in [9.17, 15) is 14.4 Å². The minimum Gasteiger partial charge on any atom is -0.465 e. The highest BCUT2D eigenvalue weighted by molar-refractivity contribution is 9.10. The van der Waals surface area contributed by atoms with Crippen molar-refractivity contribution in [2.45, 2.75) is 20.3 Å². The Morgan fingerprint density at radius 2 is 2.14 bits per heavy atom. The van der Waals surface area contributed by atoms with Crippen molar-refractivity contribution in [3.05, 3.63) is 33.6 Å². The second-order valence-corrected chi connectivity index (χ2v) is 5.15. The zero-order valence-corrected chi connectivity index (χ0v) is 13.6. The third kappa shape index (κ3) is 4.10. The molecular weight excluding hydrogens is 352 g/mol. The molecule has 0 saturated carbocycles. The van der Waals surface area contributed by atoms with Crippen LogP contribution in [0.5, 0.6) is 0 Å². The van der Waals surface area contributed by atoms with Crippen LogP contribution >= 0.6 is 15.9 Å². The van der Waals surface area contributed by atoms with Crippen LogP contribution in [0, 0.1) is 17.2 Å². The van der Waals surface area contributed by atoms with E-state index in [-0.39, 0.29) is 24.3 Å². The molecule has 0 amide bonds. The molecule has 1 rings (SSSR count). The molecule has 1 aromatic heterocycles. The van der Waals surface area contributed by atoms with E-state index in [4.69, 9.17) is 10.00 Å². The molecule has 0 aliphatic rings. The summed E-state index contributed by atoms with van der Waals surface area (Å²) in [5.41, 5.74) is 0.291. The van der Waals surface area contributed by atoms with E-state index in [0.717, 1.165) is 0 Å². The van der Waals surface area contributed by atoms with Crippen LogP contribution in [-0.2, 0) is 20.7 Å². The molecule has 0 fully saturated rings. The standard InChI is InChI=1S/C15H13BrN2O4/c1-3-22-15(21)13(9(2)8-19)14(20)12-5-4-10(16)11(18-12)6-7-17/h4-5,13H,3,6H2,1-2H3. The number of pyridine rings is 1. The van der Waals surface area contributed by atoms with Crippen LogP contribution < -0.4 is 0 Å². The molecule has 0 saturated heterocycles. The molecule has 1 unspecified atom stereocenters. The predicted octanol–water partition coefficient (Wildman–Crippen LogP) is 2.05. The Kier molecular flexibility index (Phi) is 6.64. The number of nitrogens with zero attached hydrogens (tertiary/aromatic N) is 2. The first-order valence-electron chi connectivity index (χ1n) is 6.41. The zero-order chi connectivity index (χ0) is 16.7. The molecule has 0 spiro atoms. The molecular formula is C15H13BrN2O4. The molecule has 0 N–H and O–H groups in total. The van der Waals surface area contributed by atoms with Crippen LogP contribution in [0.4, 0.5) is 0 Å². The number of hydrogen-bond acceptors (Lipinski definition) is 6. The van der Waals surface area contributed by atoms with Gasteiger partial charge in [0, 0.05) is 10.0 Å². The van der Waals surface area contributed by atoms with Crippen molar-refractivity contribution in [1.29, 1.82) is 5.26 Å². The fraction of sp³-hybridized carbons (Fsp3) is 0.333. The SMILES string of the molecule is CCOC(=O)C(C(=O)c1ccc(Br)c(CC#N)n1)C(C)=C=O. The third-order valence-electron chi connectivity index (χ3n) is 2.80. The number of hydrogen-bond donors (Lipinski definition) is 0. The van der Waals surface area contributed by atoms with Gasteiger partial charge in [0.25, 0.3) is 0 Å². The van der Waals surface area contributed by atoms with Gasteiger partial charge in [-0.15, -0.1) is 0 Å². The fourth-order valence-electron chi connectivity index (χ4n) is 1.73. The quantitative estimate of drug-likeness (QED) is 0.331. The lowest BCUT2D eigenvalue weighted by atomic mass is 9.94. The first-order chi connectivity index (χ1) is 10.5. The van der Waals surface area contributed by atoms with Gasteiger partial charge in [-0.1, -0.05) is 0 Å². The van der Waals surface area contributed by atoms with Crippen molar-refractivity contribution in [2.75, 3.05) is 6.61 Å². The average Bonchev–Trinajstić information content (AvgIpc) is 2.49. The van der Waals surface area contributed by atoms with E-state index in [0.29, 0.717) is 10.2 Å². The number of nitriles is 1. The highest BCUT2D eigenvalue weighted by Gasteiger charge is 2.32. The number of rotatable bonds is 6. The fourth-order valence-corrected chi connectivity index (χ4v) is 2.09. The lowest BCUT2D eigenvalue weighted by Crippen LogP contribution is -2.28. The minimum absolute atomic E-state index is 0.00821. The first-order valence-corrected chi connectivity index (χ1v) is 7.20. The maximum absolute atomic E-state index is 12.5. The largest absolute Gasteiger partial charge is 0.465 e. The Bertz CT molecular complexity index is 687. The first kappa shape index (κ1) is 17.8.